The van der Waals surface area contributed by atoms with Crippen LogP contribution in [0.3, 0.4) is 0 Å². The van der Waals surface area contributed by atoms with Gasteiger partial charge in [0.25, 0.3) is 10.1 Å². The van der Waals surface area contributed by atoms with E-state index in [0.717, 1.165) is 12.1 Å². The van der Waals surface area contributed by atoms with Crippen LogP contribution in [0.1, 0.15) is 26.7 Å². The largest absolute Gasteiger partial charge is 0.506 e. The van der Waals surface area contributed by atoms with E-state index in [2.05, 4.69) is 4.18 Å². The molecular formula is C12H18O7S2. The highest BCUT2D eigenvalue weighted by atomic mass is 32.2. The SMILES string of the molecule is CCCOS(=O)(=O)c1cccc(O)c1S(=O)(=O)OCCC. The van der Waals surface area contributed by atoms with Crippen molar-refractivity contribution in [3.05, 3.63) is 18.2 Å². The number of rotatable bonds is 8. The quantitative estimate of drug-likeness (QED) is 0.718. The second-order valence-corrected chi connectivity index (χ2v) is 7.29. The normalized spacial score (nSPS) is 12.5. The van der Waals surface area contributed by atoms with Gasteiger partial charge >= 0.3 is 10.1 Å². The van der Waals surface area contributed by atoms with E-state index in [4.69, 9.17) is 4.18 Å². The second kappa shape index (κ2) is 7.21. The Morgan fingerprint density at radius 2 is 1.48 bits per heavy atom. The van der Waals surface area contributed by atoms with Crippen LogP contribution in [0, 0.1) is 0 Å². The molecule has 0 unspecified atom stereocenters. The molecule has 0 aliphatic rings. The predicted molar refractivity (Wildman–Crippen MR) is 75.0 cm³/mol. The summed E-state index contributed by atoms with van der Waals surface area (Å²) in [5, 5.41) is 9.74. The van der Waals surface area contributed by atoms with Crippen LogP contribution in [0.15, 0.2) is 28.0 Å². The van der Waals surface area contributed by atoms with Gasteiger partial charge in [0.2, 0.25) is 0 Å². The van der Waals surface area contributed by atoms with Gasteiger partial charge in [-0.25, -0.2) is 0 Å². The average Bonchev–Trinajstić information content (AvgIpc) is 2.42. The van der Waals surface area contributed by atoms with Crippen LogP contribution < -0.4 is 0 Å². The van der Waals surface area contributed by atoms with Crippen LogP contribution in [0.5, 0.6) is 5.75 Å². The molecule has 21 heavy (non-hydrogen) atoms. The van der Waals surface area contributed by atoms with Gasteiger partial charge in [-0.1, -0.05) is 19.9 Å². The first-order valence-electron chi connectivity index (χ1n) is 6.37. The first-order valence-corrected chi connectivity index (χ1v) is 9.18. The third-order valence-electron chi connectivity index (χ3n) is 2.36. The average molecular weight is 338 g/mol. The van der Waals surface area contributed by atoms with Crippen LogP contribution in [0.2, 0.25) is 0 Å². The number of hydrogen-bond acceptors (Lipinski definition) is 7. The van der Waals surface area contributed by atoms with Gasteiger partial charge in [-0.15, -0.1) is 0 Å². The summed E-state index contributed by atoms with van der Waals surface area (Å²) in [5.41, 5.74) is 0. The molecule has 0 saturated heterocycles. The molecule has 0 heterocycles. The smallest absolute Gasteiger partial charge is 0.302 e. The molecule has 0 atom stereocenters. The van der Waals surface area contributed by atoms with Crippen LogP contribution >= 0.6 is 0 Å². The molecule has 0 aliphatic carbocycles. The Morgan fingerprint density at radius 3 is 2.00 bits per heavy atom. The van der Waals surface area contributed by atoms with Crippen molar-refractivity contribution in [3.63, 3.8) is 0 Å². The molecule has 0 saturated carbocycles. The Morgan fingerprint density at radius 1 is 0.952 bits per heavy atom. The zero-order valence-electron chi connectivity index (χ0n) is 11.8. The first kappa shape index (κ1) is 17.9. The highest BCUT2D eigenvalue weighted by Gasteiger charge is 2.31. The molecule has 0 bridgehead atoms. The fourth-order valence-corrected chi connectivity index (χ4v) is 4.31. The molecule has 0 spiro atoms. The third kappa shape index (κ3) is 4.40. The van der Waals surface area contributed by atoms with Gasteiger partial charge in [-0.3, -0.25) is 8.37 Å². The predicted octanol–water partition coefficient (Wildman–Crippen LogP) is 1.62. The van der Waals surface area contributed by atoms with Crippen molar-refractivity contribution in [1.29, 1.82) is 0 Å². The van der Waals surface area contributed by atoms with Crippen LogP contribution in [0.4, 0.5) is 0 Å². The molecule has 1 N–H and O–H groups in total. The van der Waals surface area contributed by atoms with Gasteiger partial charge < -0.3 is 5.11 Å². The molecule has 1 aromatic carbocycles. The summed E-state index contributed by atoms with van der Waals surface area (Å²) in [4.78, 5) is -1.43. The summed E-state index contributed by atoms with van der Waals surface area (Å²) in [6.45, 7) is 3.20. The lowest BCUT2D eigenvalue weighted by Gasteiger charge is -2.12. The molecule has 1 rings (SSSR count). The number of benzene rings is 1. The Bertz CT molecular complexity index is 678. The lowest BCUT2D eigenvalue weighted by Crippen LogP contribution is -2.15. The van der Waals surface area contributed by atoms with Crippen molar-refractivity contribution in [3.8, 4) is 5.75 Å². The topological polar surface area (TPSA) is 107 Å². The molecule has 9 heteroatoms. The van der Waals surface area contributed by atoms with Crippen molar-refractivity contribution < 1.29 is 30.3 Å². The van der Waals surface area contributed by atoms with Crippen LogP contribution in [0.25, 0.3) is 0 Å². The molecule has 7 nitrogen and oxygen atoms in total. The van der Waals surface area contributed by atoms with E-state index in [9.17, 15) is 21.9 Å². The van der Waals surface area contributed by atoms with Crippen LogP contribution in [-0.2, 0) is 28.6 Å². The van der Waals surface area contributed by atoms with Crippen molar-refractivity contribution in [2.75, 3.05) is 13.2 Å². The maximum Gasteiger partial charge on any atom is 0.302 e. The molecule has 0 amide bonds. The van der Waals surface area contributed by atoms with Crippen molar-refractivity contribution in [2.45, 2.75) is 36.5 Å². The Hall–Kier alpha value is -1.16. The van der Waals surface area contributed by atoms with Crippen molar-refractivity contribution in [1.82, 2.24) is 0 Å². The van der Waals surface area contributed by atoms with E-state index in [1.54, 1.807) is 13.8 Å². The molecule has 0 aromatic heterocycles. The summed E-state index contributed by atoms with van der Waals surface area (Å²) < 4.78 is 57.5. The van der Waals surface area contributed by atoms with Crippen molar-refractivity contribution >= 4 is 20.2 Å². The molecule has 120 valence electrons. The van der Waals surface area contributed by atoms with Gasteiger partial charge in [0.1, 0.15) is 10.6 Å². The standard InChI is InChI=1S/C12H18O7S2/c1-3-8-18-20(14,15)11-7-5-6-10(13)12(11)21(16,17)19-9-4-2/h5-7,13H,3-4,8-9H2,1-2H3. The molecule has 0 fully saturated rings. The fraction of sp³-hybridized carbons (Fsp3) is 0.500. The van der Waals surface area contributed by atoms with E-state index >= 15 is 0 Å². The zero-order chi connectivity index (χ0) is 16.1. The maximum absolute atomic E-state index is 12.1. The minimum atomic E-state index is -4.40. The molecule has 1 aromatic rings. The Balaban J connectivity index is 3.40. The van der Waals surface area contributed by atoms with Crippen LogP contribution in [-0.4, -0.2) is 35.2 Å². The summed E-state index contributed by atoms with van der Waals surface area (Å²) in [5.74, 6) is -0.702. The minimum Gasteiger partial charge on any atom is -0.506 e. The number of hydrogen-bond donors (Lipinski definition) is 1. The monoisotopic (exact) mass is 338 g/mol. The number of aromatic hydroxyl groups is 1. The summed E-state index contributed by atoms with van der Waals surface area (Å²) in [7, 11) is -8.70. The van der Waals surface area contributed by atoms with E-state index in [1.165, 1.54) is 6.07 Å². The van der Waals surface area contributed by atoms with Gasteiger partial charge in [0.05, 0.1) is 13.2 Å². The lowest BCUT2D eigenvalue weighted by molar-refractivity contribution is 0.307. The third-order valence-corrected chi connectivity index (χ3v) is 5.25. The van der Waals surface area contributed by atoms with E-state index < -0.39 is 35.8 Å². The van der Waals surface area contributed by atoms with Crippen molar-refractivity contribution in [2.24, 2.45) is 0 Å². The Kier molecular flexibility index (Phi) is 6.14. The summed E-state index contributed by atoms with van der Waals surface area (Å²) >= 11 is 0. The Labute approximate surface area is 124 Å². The summed E-state index contributed by atoms with van der Waals surface area (Å²) in [6, 6.07) is 3.34. The summed E-state index contributed by atoms with van der Waals surface area (Å²) in [6.07, 6.45) is 0.855. The highest BCUT2D eigenvalue weighted by molar-refractivity contribution is 7.90. The van der Waals surface area contributed by atoms with Gasteiger partial charge in [-0.2, -0.15) is 16.8 Å². The minimum absolute atomic E-state index is 0.0900. The number of phenols is 1. The van der Waals surface area contributed by atoms with E-state index in [1.807, 2.05) is 0 Å². The zero-order valence-corrected chi connectivity index (χ0v) is 13.4. The molecule has 0 aliphatic heterocycles. The second-order valence-electron chi connectivity index (χ2n) is 4.16. The van der Waals surface area contributed by atoms with Gasteiger partial charge in [0, 0.05) is 0 Å². The maximum atomic E-state index is 12.1. The highest BCUT2D eigenvalue weighted by Crippen LogP contribution is 2.32. The van der Waals surface area contributed by atoms with Gasteiger partial charge in [0.15, 0.2) is 4.90 Å². The molecule has 0 radical (unpaired) electrons. The van der Waals surface area contributed by atoms with E-state index in [-0.39, 0.29) is 13.2 Å². The van der Waals surface area contributed by atoms with E-state index in [0.29, 0.717) is 12.8 Å². The van der Waals surface area contributed by atoms with Gasteiger partial charge in [-0.05, 0) is 25.0 Å². The lowest BCUT2D eigenvalue weighted by atomic mass is 10.3. The molecular weight excluding hydrogens is 320 g/mol. The number of phenolic OH excluding ortho intramolecular Hbond substituents is 1. The first-order chi connectivity index (χ1) is 9.76. The fourth-order valence-electron chi connectivity index (χ4n) is 1.46.